The first kappa shape index (κ1) is 16.9. The van der Waals surface area contributed by atoms with Gasteiger partial charge >= 0.3 is 0 Å². The molecule has 1 amide bonds. The number of piperidine rings is 1. The zero-order valence-electron chi connectivity index (χ0n) is 13.9. The highest BCUT2D eigenvalue weighted by Gasteiger charge is 2.28. The molecule has 1 saturated heterocycles. The van der Waals surface area contributed by atoms with Crippen LogP contribution in [0.5, 0.6) is 0 Å². The third-order valence-electron chi connectivity index (χ3n) is 4.27. The van der Waals surface area contributed by atoms with E-state index in [1.54, 1.807) is 24.9 Å². The molecule has 0 saturated carbocycles. The predicted molar refractivity (Wildman–Crippen MR) is 90.9 cm³/mol. The van der Waals surface area contributed by atoms with Crippen molar-refractivity contribution in [2.75, 3.05) is 13.1 Å². The van der Waals surface area contributed by atoms with Gasteiger partial charge in [0.2, 0.25) is 0 Å². The van der Waals surface area contributed by atoms with E-state index >= 15 is 0 Å². The Morgan fingerprint density at radius 3 is 2.71 bits per heavy atom. The second kappa shape index (κ2) is 7.32. The van der Waals surface area contributed by atoms with Crippen LogP contribution in [-0.2, 0) is 18.4 Å². The van der Waals surface area contributed by atoms with E-state index in [1.807, 2.05) is 23.1 Å². The van der Waals surface area contributed by atoms with Gasteiger partial charge in [-0.05, 0) is 31.9 Å². The second-order valence-corrected chi connectivity index (χ2v) is 6.37. The van der Waals surface area contributed by atoms with Crippen LogP contribution in [0.4, 0.5) is 0 Å². The molecule has 0 aromatic carbocycles. The molecule has 6 nitrogen and oxygen atoms in total. The molecule has 0 atom stereocenters. The van der Waals surface area contributed by atoms with Gasteiger partial charge in [-0.3, -0.25) is 14.5 Å². The summed E-state index contributed by atoms with van der Waals surface area (Å²) in [5.74, 6) is -0.0636. The van der Waals surface area contributed by atoms with Gasteiger partial charge in [-0.2, -0.15) is 5.10 Å². The summed E-state index contributed by atoms with van der Waals surface area (Å²) in [4.78, 5) is 18.7. The fourth-order valence-corrected chi connectivity index (χ4v) is 3.17. The van der Waals surface area contributed by atoms with E-state index in [2.05, 4.69) is 10.1 Å². The Labute approximate surface area is 146 Å². The lowest BCUT2D eigenvalue weighted by atomic mass is 10.1. The molecule has 3 heterocycles. The van der Waals surface area contributed by atoms with Crippen LogP contribution in [0.3, 0.4) is 0 Å². The Morgan fingerprint density at radius 2 is 2.12 bits per heavy atom. The van der Waals surface area contributed by atoms with Crippen molar-refractivity contribution in [1.82, 2.24) is 19.7 Å². The summed E-state index contributed by atoms with van der Waals surface area (Å²) >= 11 is 6.21. The highest BCUT2D eigenvalue weighted by molar-refractivity contribution is 6.34. The van der Waals surface area contributed by atoms with Crippen molar-refractivity contribution in [2.45, 2.75) is 32.5 Å². The van der Waals surface area contributed by atoms with Crippen molar-refractivity contribution in [2.24, 2.45) is 7.05 Å². The van der Waals surface area contributed by atoms with Crippen LogP contribution in [0, 0.1) is 6.92 Å². The number of likely N-dealkylation sites (tertiary alicyclic amines) is 1. The molecular weight excluding hydrogens is 328 g/mol. The smallest absolute Gasteiger partial charge is 0.273 e. The summed E-state index contributed by atoms with van der Waals surface area (Å²) in [6, 6.07) is 5.79. The largest absolute Gasteiger partial charge is 0.372 e. The summed E-state index contributed by atoms with van der Waals surface area (Å²) in [5, 5.41) is 4.65. The monoisotopic (exact) mass is 348 g/mol. The zero-order chi connectivity index (χ0) is 17.1. The normalized spacial score (nSPS) is 15.7. The summed E-state index contributed by atoms with van der Waals surface area (Å²) < 4.78 is 7.47. The number of amides is 1. The standard InChI is InChI=1S/C17H21ClN4O2/c1-12-15(18)16(21(2)20-12)17(23)22-9-6-14(7-10-22)24-11-13-5-3-4-8-19-13/h3-5,8,14H,6-7,9-11H2,1-2H3. The Balaban J connectivity index is 1.54. The molecule has 0 radical (unpaired) electrons. The van der Waals surface area contributed by atoms with E-state index in [0.29, 0.717) is 36.1 Å². The highest BCUT2D eigenvalue weighted by Crippen LogP contribution is 2.23. The van der Waals surface area contributed by atoms with Crippen LogP contribution in [0.1, 0.15) is 34.7 Å². The van der Waals surface area contributed by atoms with Crippen LogP contribution < -0.4 is 0 Å². The lowest BCUT2D eigenvalue weighted by molar-refractivity contribution is -0.00182. The second-order valence-electron chi connectivity index (χ2n) is 6.00. The molecule has 0 bridgehead atoms. The Kier molecular flexibility index (Phi) is 5.16. The van der Waals surface area contributed by atoms with Crippen molar-refractivity contribution < 1.29 is 9.53 Å². The van der Waals surface area contributed by atoms with E-state index in [1.165, 1.54) is 0 Å². The molecule has 0 unspecified atom stereocenters. The number of ether oxygens (including phenoxy) is 1. The van der Waals surface area contributed by atoms with E-state index in [-0.39, 0.29) is 12.0 Å². The van der Waals surface area contributed by atoms with Gasteiger partial charge in [0.25, 0.3) is 5.91 Å². The maximum absolute atomic E-state index is 12.7. The topological polar surface area (TPSA) is 60.2 Å². The number of carbonyl (C=O) groups excluding carboxylic acids is 1. The van der Waals surface area contributed by atoms with E-state index in [0.717, 1.165) is 18.5 Å². The molecule has 7 heteroatoms. The van der Waals surface area contributed by atoms with Crippen LogP contribution in [0.15, 0.2) is 24.4 Å². The van der Waals surface area contributed by atoms with Crippen LogP contribution in [0.25, 0.3) is 0 Å². The number of pyridine rings is 1. The molecule has 24 heavy (non-hydrogen) atoms. The van der Waals surface area contributed by atoms with Crippen LogP contribution in [-0.4, -0.2) is 44.8 Å². The molecule has 1 aliphatic rings. The van der Waals surface area contributed by atoms with Crippen molar-refractivity contribution >= 4 is 17.5 Å². The molecule has 128 valence electrons. The quantitative estimate of drug-likeness (QED) is 0.852. The number of rotatable bonds is 4. The third kappa shape index (κ3) is 3.60. The van der Waals surface area contributed by atoms with Crippen LogP contribution >= 0.6 is 11.6 Å². The highest BCUT2D eigenvalue weighted by atomic mass is 35.5. The maximum Gasteiger partial charge on any atom is 0.273 e. The average Bonchev–Trinajstić information content (AvgIpc) is 2.86. The van der Waals surface area contributed by atoms with Gasteiger partial charge in [0.15, 0.2) is 0 Å². The first-order chi connectivity index (χ1) is 11.6. The number of aryl methyl sites for hydroxylation is 2. The molecule has 0 aliphatic carbocycles. The lowest BCUT2D eigenvalue weighted by Crippen LogP contribution is -2.41. The van der Waals surface area contributed by atoms with Gasteiger partial charge in [-0.15, -0.1) is 0 Å². The lowest BCUT2D eigenvalue weighted by Gasteiger charge is -2.32. The van der Waals surface area contributed by atoms with Gasteiger partial charge in [-0.25, -0.2) is 0 Å². The number of carbonyl (C=O) groups is 1. The Morgan fingerprint density at radius 1 is 1.38 bits per heavy atom. The minimum Gasteiger partial charge on any atom is -0.372 e. The molecule has 1 aliphatic heterocycles. The van der Waals surface area contributed by atoms with Crippen LogP contribution in [0.2, 0.25) is 5.02 Å². The summed E-state index contributed by atoms with van der Waals surface area (Å²) in [5.41, 5.74) is 2.06. The summed E-state index contributed by atoms with van der Waals surface area (Å²) in [6.07, 6.45) is 3.54. The van der Waals surface area contributed by atoms with Crippen molar-refractivity contribution in [3.05, 3.63) is 46.5 Å². The minimum atomic E-state index is -0.0636. The zero-order valence-corrected chi connectivity index (χ0v) is 14.7. The molecule has 3 rings (SSSR count). The van der Waals surface area contributed by atoms with E-state index < -0.39 is 0 Å². The molecule has 1 fully saturated rings. The summed E-state index contributed by atoms with van der Waals surface area (Å²) in [7, 11) is 1.74. The number of halogens is 1. The Bertz CT molecular complexity index is 709. The SMILES string of the molecule is Cc1nn(C)c(C(=O)N2CCC(OCc3ccccn3)CC2)c1Cl. The molecule has 2 aromatic heterocycles. The summed E-state index contributed by atoms with van der Waals surface area (Å²) in [6.45, 7) is 3.63. The van der Waals surface area contributed by atoms with Crippen molar-refractivity contribution in [3.8, 4) is 0 Å². The number of hydrogen-bond acceptors (Lipinski definition) is 4. The van der Waals surface area contributed by atoms with Gasteiger partial charge < -0.3 is 9.64 Å². The molecule has 0 N–H and O–H groups in total. The fraction of sp³-hybridized carbons (Fsp3) is 0.471. The van der Waals surface area contributed by atoms with E-state index in [9.17, 15) is 4.79 Å². The van der Waals surface area contributed by atoms with E-state index in [4.69, 9.17) is 16.3 Å². The van der Waals surface area contributed by atoms with Crippen molar-refractivity contribution in [1.29, 1.82) is 0 Å². The molecule has 2 aromatic rings. The predicted octanol–water partition coefficient (Wildman–Crippen LogP) is 2.60. The fourth-order valence-electron chi connectivity index (χ4n) is 2.93. The maximum atomic E-state index is 12.7. The number of aromatic nitrogens is 3. The molecule has 0 spiro atoms. The first-order valence-corrected chi connectivity index (χ1v) is 8.44. The number of hydrogen-bond donors (Lipinski definition) is 0. The van der Waals surface area contributed by atoms with Crippen molar-refractivity contribution in [3.63, 3.8) is 0 Å². The minimum absolute atomic E-state index is 0.0636. The van der Waals surface area contributed by atoms with Gasteiger partial charge in [0.05, 0.1) is 29.1 Å². The Hall–Kier alpha value is -1.92. The molecular formula is C17H21ClN4O2. The number of nitrogens with zero attached hydrogens (tertiary/aromatic N) is 4. The third-order valence-corrected chi connectivity index (χ3v) is 4.73. The van der Waals surface area contributed by atoms with Gasteiger partial charge in [0, 0.05) is 26.3 Å². The first-order valence-electron chi connectivity index (χ1n) is 8.06. The van der Waals surface area contributed by atoms with Gasteiger partial charge in [-0.1, -0.05) is 17.7 Å². The average molecular weight is 349 g/mol. The van der Waals surface area contributed by atoms with Gasteiger partial charge in [0.1, 0.15) is 5.69 Å².